The molecule has 3 aromatic rings. The second kappa shape index (κ2) is 18.2. The summed E-state index contributed by atoms with van der Waals surface area (Å²) >= 11 is 0. The lowest BCUT2D eigenvalue weighted by molar-refractivity contribution is 0.0818. The molecule has 0 bridgehead atoms. The van der Waals surface area contributed by atoms with Crippen LogP contribution in [0, 0.1) is 0 Å². The van der Waals surface area contributed by atoms with Crippen molar-refractivity contribution in [1.82, 2.24) is 24.9 Å². The average Bonchev–Trinajstić information content (AvgIpc) is 3.14. The number of methoxy groups -OCH3 is 5. The molecule has 0 radical (unpaired) electrons. The lowest BCUT2D eigenvalue weighted by Gasteiger charge is -2.37. The van der Waals surface area contributed by atoms with Gasteiger partial charge in [-0.05, 0) is 25.0 Å². The highest BCUT2D eigenvalue weighted by Crippen LogP contribution is 2.35. The lowest BCUT2D eigenvalue weighted by Crippen LogP contribution is -2.47. The zero-order valence-corrected chi connectivity index (χ0v) is 29.2. The van der Waals surface area contributed by atoms with Gasteiger partial charge in [0.05, 0.1) is 44.4 Å². The van der Waals surface area contributed by atoms with Crippen molar-refractivity contribution in [2.45, 2.75) is 18.9 Å². The van der Waals surface area contributed by atoms with Crippen molar-refractivity contribution in [2.24, 2.45) is 0 Å². The number of anilines is 5. The van der Waals surface area contributed by atoms with Crippen molar-refractivity contribution in [3.8, 4) is 0 Å². The summed E-state index contributed by atoms with van der Waals surface area (Å²) in [7, 11) is 8.62. The van der Waals surface area contributed by atoms with Crippen LogP contribution in [0.2, 0.25) is 0 Å². The molecule has 48 heavy (non-hydrogen) atoms. The summed E-state index contributed by atoms with van der Waals surface area (Å²) in [5.41, 5.74) is 2.59. The topological polar surface area (TPSA) is 127 Å². The molecule has 0 amide bonds. The Hall–Kier alpha value is -3.63. The lowest BCUT2D eigenvalue weighted by atomic mass is 10.1. The van der Waals surface area contributed by atoms with Crippen LogP contribution in [0.25, 0.3) is 11.0 Å². The standard InChI is InChI=1S/C33H52N10O5/c1-44-21-17-42(18-22-45-2)32-36-29-28(30(37-32)40-11-8-27(48-5)9-12-40)35-33(43(19-23-46-3)20-24-47-4)38-31(29)41-15-13-39(14-16-41)26-7-6-10-34-25-26/h6-7,10,25,27H,8-9,11-24H2,1-5H3. The number of aromatic nitrogens is 5. The van der Waals surface area contributed by atoms with Crippen molar-refractivity contribution in [2.75, 3.05) is 152 Å². The predicted molar refractivity (Wildman–Crippen MR) is 188 cm³/mol. The monoisotopic (exact) mass is 668 g/mol. The Morgan fingerprint density at radius 2 is 1.08 bits per heavy atom. The molecule has 0 aliphatic carbocycles. The zero-order chi connectivity index (χ0) is 33.7. The number of rotatable bonds is 18. The van der Waals surface area contributed by atoms with Gasteiger partial charge in [-0.1, -0.05) is 0 Å². The molecule has 0 unspecified atom stereocenters. The van der Waals surface area contributed by atoms with E-state index in [-0.39, 0.29) is 6.10 Å². The van der Waals surface area contributed by atoms with Gasteiger partial charge in [0.2, 0.25) is 11.9 Å². The van der Waals surface area contributed by atoms with Crippen LogP contribution in [0.15, 0.2) is 24.5 Å². The van der Waals surface area contributed by atoms with Crippen LogP contribution in [0.3, 0.4) is 0 Å². The van der Waals surface area contributed by atoms with Gasteiger partial charge in [0, 0.05) is 107 Å². The maximum absolute atomic E-state index is 5.71. The van der Waals surface area contributed by atoms with Crippen molar-refractivity contribution >= 4 is 40.3 Å². The van der Waals surface area contributed by atoms with Gasteiger partial charge in [0.25, 0.3) is 0 Å². The van der Waals surface area contributed by atoms with Gasteiger partial charge in [-0.3, -0.25) is 4.98 Å². The second-order valence-corrected chi connectivity index (χ2v) is 11.9. The highest BCUT2D eigenvalue weighted by Gasteiger charge is 2.29. The summed E-state index contributed by atoms with van der Waals surface area (Å²) in [5, 5.41) is 0. The number of nitrogens with zero attached hydrogens (tertiary/aromatic N) is 10. The molecular weight excluding hydrogens is 616 g/mol. The van der Waals surface area contributed by atoms with Gasteiger partial charge >= 0.3 is 0 Å². The van der Waals surface area contributed by atoms with Crippen LogP contribution in [-0.4, -0.2) is 158 Å². The van der Waals surface area contributed by atoms with E-state index in [4.69, 9.17) is 43.6 Å². The third kappa shape index (κ3) is 8.88. The van der Waals surface area contributed by atoms with E-state index in [1.54, 1.807) is 35.5 Å². The second-order valence-electron chi connectivity index (χ2n) is 11.9. The predicted octanol–water partition coefficient (Wildman–Crippen LogP) is 1.96. The van der Waals surface area contributed by atoms with Gasteiger partial charge < -0.3 is 48.2 Å². The fraction of sp³-hybridized carbons (Fsp3) is 0.667. The number of hydrogen-bond acceptors (Lipinski definition) is 15. The molecule has 0 saturated carbocycles. The summed E-state index contributed by atoms with van der Waals surface area (Å²) in [4.78, 5) is 36.6. The van der Waals surface area contributed by atoms with Crippen LogP contribution in [-0.2, 0) is 23.7 Å². The summed E-state index contributed by atoms with van der Waals surface area (Å²) in [6, 6.07) is 4.09. The van der Waals surface area contributed by atoms with Crippen LogP contribution < -0.4 is 24.5 Å². The first-order valence-corrected chi connectivity index (χ1v) is 16.8. The first-order chi connectivity index (χ1) is 23.6. The van der Waals surface area contributed by atoms with E-state index in [0.717, 1.165) is 80.5 Å². The Bertz CT molecular complexity index is 1370. The van der Waals surface area contributed by atoms with Crippen LogP contribution >= 0.6 is 0 Å². The van der Waals surface area contributed by atoms with E-state index in [2.05, 4.69) is 35.5 Å². The van der Waals surface area contributed by atoms with Gasteiger partial charge in [0.15, 0.2) is 11.6 Å². The molecule has 5 heterocycles. The summed E-state index contributed by atoms with van der Waals surface area (Å²) in [6.07, 6.45) is 5.77. The van der Waals surface area contributed by atoms with Crippen molar-refractivity contribution < 1.29 is 23.7 Å². The van der Waals surface area contributed by atoms with E-state index < -0.39 is 0 Å². The molecular formula is C33H52N10O5. The van der Waals surface area contributed by atoms with E-state index in [9.17, 15) is 0 Å². The maximum Gasteiger partial charge on any atom is 0.228 e. The Morgan fingerprint density at radius 1 is 0.625 bits per heavy atom. The first-order valence-electron chi connectivity index (χ1n) is 16.8. The highest BCUT2D eigenvalue weighted by atomic mass is 16.5. The van der Waals surface area contributed by atoms with E-state index in [0.29, 0.717) is 64.5 Å². The molecule has 264 valence electrons. The Balaban J connectivity index is 1.64. The number of hydrogen-bond donors (Lipinski definition) is 0. The minimum Gasteiger partial charge on any atom is -0.383 e. The smallest absolute Gasteiger partial charge is 0.228 e. The first kappa shape index (κ1) is 35.7. The SMILES string of the molecule is COCCN(CCOC)c1nc(N2CCN(c3cccnc3)CC2)c2nc(N(CCOC)CCOC)nc(N3CCC(OC)CC3)c2n1. The largest absolute Gasteiger partial charge is 0.383 e. The summed E-state index contributed by atoms with van der Waals surface area (Å²) in [6.45, 7) is 9.40. The third-order valence-electron chi connectivity index (χ3n) is 8.98. The van der Waals surface area contributed by atoms with Gasteiger partial charge in [-0.25, -0.2) is 9.97 Å². The normalized spacial score (nSPS) is 15.8. The highest BCUT2D eigenvalue weighted by molar-refractivity contribution is 5.95. The molecule has 0 atom stereocenters. The Kier molecular flexibility index (Phi) is 13.5. The Morgan fingerprint density at radius 3 is 1.50 bits per heavy atom. The van der Waals surface area contributed by atoms with Crippen LogP contribution in [0.4, 0.5) is 29.2 Å². The molecule has 2 fully saturated rings. The molecule has 2 aliphatic rings. The molecule has 2 aliphatic heterocycles. The van der Waals surface area contributed by atoms with Crippen LogP contribution in [0.5, 0.6) is 0 Å². The zero-order valence-electron chi connectivity index (χ0n) is 29.2. The third-order valence-corrected chi connectivity index (χ3v) is 8.98. The Labute approximate surface area is 284 Å². The van der Waals surface area contributed by atoms with Gasteiger partial charge in [0.1, 0.15) is 11.0 Å². The van der Waals surface area contributed by atoms with Crippen LogP contribution in [0.1, 0.15) is 12.8 Å². The van der Waals surface area contributed by atoms with Crippen molar-refractivity contribution in [1.29, 1.82) is 0 Å². The van der Waals surface area contributed by atoms with E-state index in [1.807, 2.05) is 18.5 Å². The molecule has 15 heteroatoms. The summed E-state index contributed by atoms with van der Waals surface area (Å²) < 4.78 is 27.6. The number of piperidine rings is 1. The van der Waals surface area contributed by atoms with Gasteiger partial charge in [-0.15, -0.1) is 0 Å². The minimum atomic E-state index is 0.226. The number of ether oxygens (including phenoxy) is 5. The molecule has 0 N–H and O–H groups in total. The van der Waals surface area contributed by atoms with Crippen molar-refractivity contribution in [3.05, 3.63) is 24.5 Å². The fourth-order valence-corrected chi connectivity index (χ4v) is 6.14. The minimum absolute atomic E-state index is 0.226. The number of fused-ring (bicyclic) bond motifs is 1. The maximum atomic E-state index is 5.71. The summed E-state index contributed by atoms with van der Waals surface area (Å²) in [5.74, 6) is 2.83. The molecule has 5 rings (SSSR count). The molecule has 0 spiro atoms. The molecule has 3 aromatic heterocycles. The van der Waals surface area contributed by atoms with E-state index in [1.165, 1.54) is 0 Å². The molecule has 2 saturated heterocycles. The van der Waals surface area contributed by atoms with Crippen molar-refractivity contribution in [3.63, 3.8) is 0 Å². The van der Waals surface area contributed by atoms with Gasteiger partial charge in [-0.2, -0.15) is 9.97 Å². The quantitative estimate of drug-likeness (QED) is 0.196. The fourth-order valence-electron chi connectivity index (χ4n) is 6.14. The molecule has 0 aromatic carbocycles. The molecule has 15 nitrogen and oxygen atoms in total. The number of piperazine rings is 1. The average molecular weight is 669 g/mol. The number of pyridine rings is 1. The van der Waals surface area contributed by atoms with E-state index >= 15 is 0 Å².